The monoisotopic (exact) mass is 281 g/mol. The van der Waals surface area contributed by atoms with Crippen molar-refractivity contribution in [1.29, 1.82) is 0 Å². The number of amides is 1. The second kappa shape index (κ2) is 8.75. The zero-order chi connectivity index (χ0) is 15.7. The first-order chi connectivity index (χ1) is 10.1. The van der Waals surface area contributed by atoms with Gasteiger partial charge in [-0.15, -0.1) is 13.2 Å². The number of rotatable bonds is 9. The molecule has 1 aromatic carbocycles. The standard InChI is InChI=1S/C19H23NO/c1-5-11-18(12-6-2)20(19(21)7-3)15-16(4)17-13-9-8-10-14-17/h5-10,13-14,18H,1-4,11-12,15H2. The minimum absolute atomic E-state index is 0.0333. The highest BCUT2D eigenvalue weighted by Crippen LogP contribution is 2.18. The van der Waals surface area contributed by atoms with Crippen LogP contribution in [0.3, 0.4) is 0 Å². The summed E-state index contributed by atoms with van der Waals surface area (Å²) in [7, 11) is 0. The van der Waals surface area contributed by atoms with Gasteiger partial charge in [0.05, 0.1) is 0 Å². The van der Waals surface area contributed by atoms with Crippen LogP contribution in [-0.4, -0.2) is 23.4 Å². The van der Waals surface area contributed by atoms with E-state index in [0.717, 1.165) is 11.1 Å². The Balaban J connectivity index is 2.94. The molecule has 110 valence electrons. The van der Waals surface area contributed by atoms with E-state index in [4.69, 9.17) is 0 Å². The van der Waals surface area contributed by atoms with E-state index >= 15 is 0 Å². The lowest BCUT2D eigenvalue weighted by Gasteiger charge is -2.30. The summed E-state index contributed by atoms with van der Waals surface area (Å²) >= 11 is 0. The smallest absolute Gasteiger partial charge is 0.246 e. The van der Waals surface area contributed by atoms with Crippen LogP contribution in [0.2, 0.25) is 0 Å². The van der Waals surface area contributed by atoms with Crippen molar-refractivity contribution >= 4 is 11.5 Å². The van der Waals surface area contributed by atoms with Gasteiger partial charge in [-0.05, 0) is 30.1 Å². The highest BCUT2D eigenvalue weighted by molar-refractivity contribution is 5.88. The molecule has 0 heterocycles. The van der Waals surface area contributed by atoms with E-state index < -0.39 is 0 Å². The fourth-order valence-electron chi connectivity index (χ4n) is 2.21. The Hall–Kier alpha value is -2.35. The zero-order valence-corrected chi connectivity index (χ0v) is 12.5. The molecular formula is C19H23NO. The number of carbonyl (C=O) groups excluding carboxylic acids is 1. The minimum Gasteiger partial charge on any atom is -0.331 e. The Labute approximate surface area is 127 Å². The SMILES string of the molecule is C=CCC(CC=C)N(CC(=C)c1ccccc1)C(=O)C=C. The molecule has 2 heteroatoms. The molecule has 0 saturated heterocycles. The van der Waals surface area contributed by atoms with Crippen molar-refractivity contribution < 1.29 is 4.79 Å². The van der Waals surface area contributed by atoms with Gasteiger partial charge in [0.2, 0.25) is 5.91 Å². The average molecular weight is 281 g/mol. The number of carbonyl (C=O) groups is 1. The van der Waals surface area contributed by atoms with Gasteiger partial charge in [0.1, 0.15) is 0 Å². The molecule has 0 unspecified atom stereocenters. The third-order valence-electron chi connectivity index (χ3n) is 3.32. The maximum Gasteiger partial charge on any atom is 0.246 e. The van der Waals surface area contributed by atoms with Gasteiger partial charge in [-0.3, -0.25) is 4.79 Å². The van der Waals surface area contributed by atoms with Gasteiger partial charge in [-0.25, -0.2) is 0 Å². The van der Waals surface area contributed by atoms with Gasteiger partial charge in [-0.2, -0.15) is 0 Å². The predicted octanol–water partition coefficient (Wildman–Crippen LogP) is 4.24. The van der Waals surface area contributed by atoms with Gasteiger partial charge in [0.15, 0.2) is 0 Å². The van der Waals surface area contributed by atoms with Gasteiger partial charge in [0, 0.05) is 12.6 Å². The Morgan fingerprint density at radius 2 is 1.67 bits per heavy atom. The summed E-state index contributed by atoms with van der Waals surface area (Å²) < 4.78 is 0. The van der Waals surface area contributed by atoms with Crippen LogP contribution in [0, 0.1) is 0 Å². The Morgan fingerprint density at radius 1 is 1.10 bits per heavy atom. The van der Waals surface area contributed by atoms with Gasteiger partial charge in [-0.1, -0.05) is 55.6 Å². The molecule has 0 aliphatic carbocycles. The highest BCUT2D eigenvalue weighted by Gasteiger charge is 2.20. The summed E-state index contributed by atoms with van der Waals surface area (Å²) in [4.78, 5) is 14.0. The Bertz CT molecular complexity index is 506. The lowest BCUT2D eigenvalue weighted by atomic mass is 10.0. The predicted molar refractivity (Wildman–Crippen MR) is 90.8 cm³/mol. The second-order valence-electron chi connectivity index (χ2n) is 4.84. The summed E-state index contributed by atoms with van der Waals surface area (Å²) in [6.45, 7) is 15.7. The molecule has 0 aliphatic rings. The average Bonchev–Trinajstić information content (AvgIpc) is 2.52. The van der Waals surface area contributed by atoms with Gasteiger partial charge in [0.25, 0.3) is 0 Å². The topological polar surface area (TPSA) is 20.3 Å². The van der Waals surface area contributed by atoms with Crippen molar-refractivity contribution in [3.63, 3.8) is 0 Å². The van der Waals surface area contributed by atoms with Crippen LogP contribution in [0.4, 0.5) is 0 Å². The van der Waals surface area contributed by atoms with E-state index in [1.807, 2.05) is 42.5 Å². The van der Waals surface area contributed by atoms with Gasteiger partial charge < -0.3 is 4.90 Å². The van der Waals surface area contributed by atoms with E-state index in [2.05, 4.69) is 26.3 Å². The highest BCUT2D eigenvalue weighted by atomic mass is 16.2. The largest absolute Gasteiger partial charge is 0.331 e. The molecule has 21 heavy (non-hydrogen) atoms. The van der Waals surface area contributed by atoms with Crippen molar-refractivity contribution in [3.05, 3.63) is 80.4 Å². The number of benzene rings is 1. The number of hydrogen-bond acceptors (Lipinski definition) is 1. The van der Waals surface area contributed by atoms with Crippen molar-refractivity contribution in [3.8, 4) is 0 Å². The Kier molecular flexibility index (Phi) is 6.96. The lowest BCUT2D eigenvalue weighted by Crippen LogP contribution is -2.40. The van der Waals surface area contributed by atoms with E-state index in [1.165, 1.54) is 6.08 Å². The molecule has 1 aromatic rings. The molecule has 2 nitrogen and oxygen atoms in total. The first-order valence-corrected chi connectivity index (χ1v) is 7.02. The fourth-order valence-corrected chi connectivity index (χ4v) is 2.21. The van der Waals surface area contributed by atoms with Crippen molar-refractivity contribution in [2.24, 2.45) is 0 Å². The molecule has 0 saturated carbocycles. The summed E-state index contributed by atoms with van der Waals surface area (Å²) in [6, 6.07) is 9.91. The van der Waals surface area contributed by atoms with E-state index in [9.17, 15) is 4.79 Å². The normalized spacial score (nSPS) is 9.95. The summed E-state index contributed by atoms with van der Waals surface area (Å²) in [5.41, 5.74) is 1.94. The maximum absolute atomic E-state index is 12.2. The van der Waals surface area contributed by atoms with Gasteiger partial charge >= 0.3 is 0 Å². The second-order valence-corrected chi connectivity index (χ2v) is 4.84. The third kappa shape index (κ3) is 4.92. The van der Waals surface area contributed by atoms with Crippen molar-refractivity contribution in [2.75, 3.05) is 6.54 Å². The Morgan fingerprint density at radius 3 is 2.14 bits per heavy atom. The molecule has 0 atom stereocenters. The first kappa shape index (κ1) is 16.7. The van der Waals surface area contributed by atoms with E-state index in [-0.39, 0.29) is 11.9 Å². The minimum atomic E-state index is -0.0965. The maximum atomic E-state index is 12.2. The third-order valence-corrected chi connectivity index (χ3v) is 3.32. The summed E-state index contributed by atoms with van der Waals surface area (Å²) in [6.07, 6.45) is 6.42. The van der Waals surface area contributed by atoms with Crippen LogP contribution in [-0.2, 0) is 4.79 Å². The molecule has 1 amide bonds. The molecular weight excluding hydrogens is 258 g/mol. The summed E-state index contributed by atoms with van der Waals surface area (Å²) in [5, 5.41) is 0. The fraction of sp³-hybridized carbons (Fsp3) is 0.211. The van der Waals surface area contributed by atoms with Crippen LogP contribution >= 0.6 is 0 Å². The number of nitrogens with zero attached hydrogens (tertiary/aromatic N) is 1. The van der Waals surface area contributed by atoms with Crippen LogP contribution in [0.1, 0.15) is 18.4 Å². The molecule has 0 aromatic heterocycles. The zero-order valence-electron chi connectivity index (χ0n) is 12.5. The molecule has 0 aliphatic heterocycles. The van der Waals surface area contributed by atoms with Crippen molar-refractivity contribution in [1.82, 2.24) is 4.90 Å². The molecule has 0 fully saturated rings. The van der Waals surface area contributed by atoms with Crippen LogP contribution in [0.5, 0.6) is 0 Å². The van der Waals surface area contributed by atoms with Crippen LogP contribution in [0.25, 0.3) is 5.57 Å². The lowest BCUT2D eigenvalue weighted by molar-refractivity contribution is -0.127. The van der Waals surface area contributed by atoms with E-state index in [1.54, 1.807) is 4.90 Å². The van der Waals surface area contributed by atoms with Crippen LogP contribution in [0.15, 0.2) is 74.9 Å². The number of hydrogen-bond donors (Lipinski definition) is 0. The molecule has 0 N–H and O–H groups in total. The quantitative estimate of drug-likeness (QED) is 0.490. The molecule has 0 spiro atoms. The first-order valence-electron chi connectivity index (χ1n) is 7.02. The molecule has 1 rings (SSSR count). The van der Waals surface area contributed by atoms with E-state index in [0.29, 0.717) is 19.4 Å². The van der Waals surface area contributed by atoms with Crippen molar-refractivity contribution in [2.45, 2.75) is 18.9 Å². The molecule has 0 radical (unpaired) electrons. The van der Waals surface area contributed by atoms with Crippen LogP contribution < -0.4 is 0 Å². The summed E-state index contributed by atoms with van der Waals surface area (Å²) in [5.74, 6) is -0.0965. The molecule has 0 bridgehead atoms.